The number of fused-ring (bicyclic) bond motifs is 1. The number of likely N-dealkylation sites (tertiary alicyclic amines) is 1. The van der Waals surface area contributed by atoms with Gasteiger partial charge in [0.15, 0.2) is 0 Å². The number of hydrogen-bond acceptors (Lipinski definition) is 4. The topological polar surface area (TPSA) is 45.9 Å². The lowest BCUT2D eigenvalue weighted by molar-refractivity contribution is 0.0303. The molecule has 2 fully saturated rings. The molecule has 1 aromatic heterocycles. The third kappa shape index (κ3) is 4.39. The quantitative estimate of drug-likeness (QED) is 0.608. The van der Waals surface area contributed by atoms with Crippen molar-refractivity contribution in [2.45, 2.75) is 32.2 Å². The van der Waals surface area contributed by atoms with Crippen LogP contribution in [0.2, 0.25) is 0 Å². The lowest BCUT2D eigenvalue weighted by Gasteiger charge is -2.26. The van der Waals surface area contributed by atoms with E-state index in [9.17, 15) is 4.79 Å². The maximum absolute atomic E-state index is 12.7. The molecule has 1 atom stereocenters. The standard InChI is InChI=1S/C26H30N2O3/c1-19-3-2-11-27(19)12-10-24-18-23-17-22(8-9-25(23)31-24)20-4-6-21(7-5-20)26(29)28-13-15-30-16-14-28/h4-9,17-19H,2-3,10-16H2,1H3/t19-/m0/s1. The minimum absolute atomic E-state index is 0.0806. The van der Waals surface area contributed by atoms with Gasteiger partial charge in [0.1, 0.15) is 11.3 Å². The molecule has 5 nitrogen and oxygen atoms in total. The van der Waals surface area contributed by atoms with E-state index in [1.54, 1.807) is 0 Å². The van der Waals surface area contributed by atoms with Crippen LogP contribution in [0.15, 0.2) is 52.9 Å². The maximum Gasteiger partial charge on any atom is 0.254 e. The zero-order valence-electron chi connectivity index (χ0n) is 18.2. The fourth-order valence-electron chi connectivity index (χ4n) is 4.73. The molecule has 1 amide bonds. The van der Waals surface area contributed by atoms with Crippen LogP contribution >= 0.6 is 0 Å². The number of amides is 1. The average Bonchev–Trinajstić information content (AvgIpc) is 3.42. The van der Waals surface area contributed by atoms with Crippen LogP contribution in [0.1, 0.15) is 35.9 Å². The summed E-state index contributed by atoms with van der Waals surface area (Å²) in [6.45, 7) is 7.15. The first-order valence-electron chi connectivity index (χ1n) is 11.4. The predicted octanol–water partition coefficient (Wildman–Crippen LogP) is 4.60. The number of benzene rings is 2. The Labute approximate surface area is 183 Å². The van der Waals surface area contributed by atoms with Gasteiger partial charge in [-0.2, -0.15) is 0 Å². The van der Waals surface area contributed by atoms with Crippen molar-refractivity contribution in [1.29, 1.82) is 0 Å². The molecule has 0 aliphatic carbocycles. The van der Waals surface area contributed by atoms with Crippen LogP contribution in [0.4, 0.5) is 0 Å². The Morgan fingerprint density at radius 1 is 1.00 bits per heavy atom. The lowest BCUT2D eigenvalue weighted by Crippen LogP contribution is -2.40. The van der Waals surface area contributed by atoms with Gasteiger partial charge in [-0.3, -0.25) is 4.79 Å². The van der Waals surface area contributed by atoms with E-state index in [1.165, 1.54) is 19.4 Å². The van der Waals surface area contributed by atoms with Crippen LogP contribution in [0, 0.1) is 0 Å². The van der Waals surface area contributed by atoms with Gasteiger partial charge in [-0.15, -0.1) is 0 Å². The van der Waals surface area contributed by atoms with Crippen molar-refractivity contribution in [3.8, 4) is 11.1 Å². The Morgan fingerprint density at radius 3 is 2.52 bits per heavy atom. The van der Waals surface area contributed by atoms with E-state index in [-0.39, 0.29) is 5.91 Å². The fourth-order valence-corrected chi connectivity index (χ4v) is 4.73. The first kappa shape index (κ1) is 20.3. The lowest BCUT2D eigenvalue weighted by atomic mass is 10.0. The molecule has 0 N–H and O–H groups in total. The van der Waals surface area contributed by atoms with Gasteiger partial charge in [-0.25, -0.2) is 0 Å². The highest BCUT2D eigenvalue weighted by Crippen LogP contribution is 2.28. The van der Waals surface area contributed by atoms with E-state index < -0.39 is 0 Å². The second-order valence-corrected chi connectivity index (χ2v) is 8.72. The number of ether oxygens (including phenoxy) is 1. The Kier molecular flexibility index (Phi) is 5.79. The highest BCUT2D eigenvalue weighted by atomic mass is 16.5. The molecule has 3 heterocycles. The Bertz CT molecular complexity index is 1050. The number of nitrogens with zero attached hydrogens (tertiary/aromatic N) is 2. The molecule has 162 valence electrons. The third-order valence-corrected chi connectivity index (χ3v) is 6.67. The normalized spacial score (nSPS) is 19.9. The first-order valence-corrected chi connectivity index (χ1v) is 11.4. The molecular weight excluding hydrogens is 388 g/mol. The van der Waals surface area contributed by atoms with E-state index in [4.69, 9.17) is 9.15 Å². The number of rotatable bonds is 5. The molecule has 0 saturated carbocycles. The minimum Gasteiger partial charge on any atom is -0.461 e. The molecule has 2 aromatic carbocycles. The molecule has 31 heavy (non-hydrogen) atoms. The van der Waals surface area contributed by atoms with Gasteiger partial charge in [0.05, 0.1) is 13.2 Å². The maximum atomic E-state index is 12.7. The van der Waals surface area contributed by atoms with Crippen LogP contribution in [0.3, 0.4) is 0 Å². The van der Waals surface area contributed by atoms with Crippen LogP contribution in [0.25, 0.3) is 22.1 Å². The molecule has 2 aliphatic rings. The summed E-state index contributed by atoms with van der Waals surface area (Å²) in [5.41, 5.74) is 3.91. The summed E-state index contributed by atoms with van der Waals surface area (Å²) in [6, 6.07) is 17.1. The summed E-state index contributed by atoms with van der Waals surface area (Å²) in [4.78, 5) is 17.1. The van der Waals surface area contributed by atoms with E-state index in [0.29, 0.717) is 32.3 Å². The molecule has 2 aliphatic heterocycles. The monoisotopic (exact) mass is 418 g/mol. The molecule has 5 rings (SSSR count). The van der Waals surface area contributed by atoms with Gasteiger partial charge in [-0.1, -0.05) is 18.2 Å². The van der Waals surface area contributed by atoms with Crippen molar-refractivity contribution in [1.82, 2.24) is 9.80 Å². The summed E-state index contributed by atoms with van der Waals surface area (Å²) >= 11 is 0. The SMILES string of the molecule is C[C@H]1CCCN1CCc1cc2cc(-c3ccc(C(=O)N4CCOCC4)cc3)ccc2o1. The van der Waals surface area contributed by atoms with Gasteiger partial charge in [0.2, 0.25) is 0 Å². The Balaban J connectivity index is 1.29. The smallest absolute Gasteiger partial charge is 0.254 e. The molecule has 3 aromatic rings. The molecule has 0 radical (unpaired) electrons. The summed E-state index contributed by atoms with van der Waals surface area (Å²) in [6.07, 6.45) is 3.56. The summed E-state index contributed by atoms with van der Waals surface area (Å²) in [7, 11) is 0. The largest absolute Gasteiger partial charge is 0.461 e. The van der Waals surface area contributed by atoms with E-state index in [0.717, 1.165) is 46.4 Å². The summed E-state index contributed by atoms with van der Waals surface area (Å²) < 4.78 is 11.4. The number of carbonyl (C=O) groups is 1. The predicted molar refractivity (Wildman–Crippen MR) is 122 cm³/mol. The van der Waals surface area contributed by atoms with Gasteiger partial charge in [-0.05, 0) is 67.8 Å². The molecule has 5 heteroatoms. The molecule has 0 spiro atoms. The van der Waals surface area contributed by atoms with Gasteiger partial charge < -0.3 is 19.0 Å². The number of carbonyl (C=O) groups excluding carboxylic acids is 1. The Morgan fingerprint density at radius 2 is 1.77 bits per heavy atom. The molecule has 2 saturated heterocycles. The second kappa shape index (κ2) is 8.85. The van der Waals surface area contributed by atoms with Crippen LogP contribution in [0.5, 0.6) is 0 Å². The molecule has 0 bridgehead atoms. The highest BCUT2D eigenvalue weighted by molar-refractivity contribution is 5.95. The number of hydrogen-bond donors (Lipinski definition) is 0. The van der Waals surface area contributed by atoms with Crippen molar-refractivity contribution in [2.75, 3.05) is 39.4 Å². The van der Waals surface area contributed by atoms with E-state index >= 15 is 0 Å². The van der Waals surface area contributed by atoms with E-state index in [1.807, 2.05) is 29.2 Å². The summed E-state index contributed by atoms with van der Waals surface area (Å²) in [5, 5.41) is 1.13. The third-order valence-electron chi connectivity index (χ3n) is 6.67. The van der Waals surface area contributed by atoms with Gasteiger partial charge >= 0.3 is 0 Å². The van der Waals surface area contributed by atoms with Crippen LogP contribution < -0.4 is 0 Å². The van der Waals surface area contributed by atoms with E-state index in [2.05, 4.69) is 36.1 Å². The molecular formula is C26H30N2O3. The Hall–Kier alpha value is -2.63. The van der Waals surface area contributed by atoms with Gasteiger partial charge in [0.25, 0.3) is 5.91 Å². The zero-order valence-corrected chi connectivity index (χ0v) is 18.2. The highest BCUT2D eigenvalue weighted by Gasteiger charge is 2.20. The fraction of sp³-hybridized carbons (Fsp3) is 0.423. The van der Waals surface area contributed by atoms with Crippen molar-refractivity contribution < 1.29 is 13.9 Å². The van der Waals surface area contributed by atoms with Crippen LogP contribution in [-0.4, -0.2) is 61.1 Å². The number of furan rings is 1. The first-order chi connectivity index (χ1) is 15.2. The second-order valence-electron chi connectivity index (χ2n) is 8.72. The van der Waals surface area contributed by atoms with Crippen molar-refractivity contribution in [3.05, 3.63) is 59.9 Å². The minimum atomic E-state index is 0.0806. The average molecular weight is 419 g/mol. The molecule has 0 unspecified atom stereocenters. The van der Waals surface area contributed by atoms with Crippen molar-refractivity contribution in [2.24, 2.45) is 0 Å². The van der Waals surface area contributed by atoms with Gasteiger partial charge in [0, 0.05) is 43.0 Å². The summed E-state index contributed by atoms with van der Waals surface area (Å²) in [5.74, 6) is 1.13. The zero-order chi connectivity index (χ0) is 21.2. The van der Waals surface area contributed by atoms with Crippen LogP contribution in [-0.2, 0) is 11.2 Å². The number of morpholine rings is 1. The van der Waals surface area contributed by atoms with Crippen molar-refractivity contribution >= 4 is 16.9 Å². The van der Waals surface area contributed by atoms with Crippen molar-refractivity contribution in [3.63, 3.8) is 0 Å².